The third kappa shape index (κ3) is 2.91. The summed E-state index contributed by atoms with van der Waals surface area (Å²) in [4.78, 5) is 15.1. The third-order valence-electron chi connectivity index (χ3n) is 3.51. The summed E-state index contributed by atoms with van der Waals surface area (Å²) in [5.74, 6) is 1.20. The van der Waals surface area contributed by atoms with E-state index in [-0.39, 0.29) is 5.69 Å². The molecule has 0 amide bonds. The third-order valence-corrected chi connectivity index (χ3v) is 3.51. The number of hydrogen-bond donors (Lipinski definition) is 1. The minimum atomic E-state index is -0.424. The molecule has 6 heteroatoms. The van der Waals surface area contributed by atoms with Crippen LogP contribution >= 0.6 is 0 Å². The van der Waals surface area contributed by atoms with E-state index in [0.29, 0.717) is 17.1 Å². The zero-order valence-electron chi connectivity index (χ0n) is 12.7. The predicted octanol–water partition coefficient (Wildman–Crippen LogP) is 4.20. The monoisotopic (exact) mass is 309 g/mol. The summed E-state index contributed by atoms with van der Waals surface area (Å²) >= 11 is 0. The van der Waals surface area contributed by atoms with Crippen molar-refractivity contribution in [1.29, 1.82) is 0 Å². The summed E-state index contributed by atoms with van der Waals surface area (Å²) in [5.41, 5.74) is 2.18. The first-order valence-corrected chi connectivity index (χ1v) is 7.04. The number of fused-ring (bicyclic) bond motifs is 1. The summed E-state index contributed by atoms with van der Waals surface area (Å²) in [6.07, 6.45) is 0. The van der Waals surface area contributed by atoms with Crippen molar-refractivity contribution in [3.05, 3.63) is 64.2 Å². The minimum Gasteiger partial charge on any atom is -0.495 e. The van der Waals surface area contributed by atoms with E-state index < -0.39 is 4.92 Å². The highest BCUT2D eigenvalue weighted by molar-refractivity contribution is 5.88. The van der Waals surface area contributed by atoms with E-state index in [1.807, 2.05) is 25.1 Å². The van der Waals surface area contributed by atoms with Gasteiger partial charge in [-0.25, -0.2) is 4.98 Å². The van der Waals surface area contributed by atoms with Crippen LogP contribution in [0.25, 0.3) is 10.9 Å². The molecule has 0 spiro atoms. The first-order valence-electron chi connectivity index (χ1n) is 7.04. The fourth-order valence-corrected chi connectivity index (χ4v) is 2.41. The van der Waals surface area contributed by atoms with Gasteiger partial charge in [0.25, 0.3) is 5.69 Å². The minimum absolute atomic E-state index is 0.0117. The fourth-order valence-electron chi connectivity index (χ4n) is 2.41. The second-order valence-electron chi connectivity index (χ2n) is 5.13. The maximum absolute atomic E-state index is 11.2. The van der Waals surface area contributed by atoms with E-state index in [4.69, 9.17) is 4.74 Å². The lowest BCUT2D eigenvalue weighted by molar-refractivity contribution is -0.383. The zero-order chi connectivity index (χ0) is 16.4. The number of nitrogens with zero attached hydrogens (tertiary/aromatic N) is 2. The number of aryl methyl sites for hydroxylation is 1. The quantitative estimate of drug-likeness (QED) is 0.577. The summed E-state index contributed by atoms with van der Waals surface area (Å²) < 4.78 is 5.32. The van der Waals surface area contributed by atoms with Gasteiger partial charge in [-0.2, -0.15) is 0 Å². The molecule has 0 aliphatic carbocycles. The molecule has 3 aromatic rings. The van der Waals surface area contributed by atoms with Crippen molar-refractivity contribution in [2.45, 2.75) is 6.92 Å². The molecular formula is C17H15N3O3. The van der Waals surface area contributed by atoms with E-state index in [2.05, 4.69) is 10.3 Å². The smallest absolute Gasteiger partial charge is 0.295 e. The Balaban J connectivity index is 2.06. The van der Waals surface area contributed by atoms with Crippen molar-refractivity contribution >= 4 is 28.1 Å². The molecule has 0 saturated heterocycles. The average Bonchev–Trinajstić information content (AvgIpc) is 2.54. The number of nitrogens with one attached hydrogen (secondary N) is 1. The standard InChI is InChI=1S/C17H15N3O3/c1-11-6-8-15(23-2)13(10-11)18-16-9-7-12-4-3-5-14(20(21)22)17(12)19-16/h3-10H,1-2H3,(H,18,19). The summed E-state index contributed by atoms with van der Waals surface area (Å²) in [6.45, 7) is 1.98. The van der Waals surface area contributed by atoms with Crippen molar-refractivity contribution in [3.63, 3.8) is 0 Å². The number of aromatic nitrogens is 1. The van der Waals surface area contributed by atoms with Crippen LogP contribution in [0.15, 0.2) is 48.5 Å². The first-order chi connectivity index (χ1) is 11.1. The van der Waals surface area contributed by atoms with Crippen LogP contribution in [0.2, 0.25) is 0 Å². The van der Waals surface area contributed by atoms with Gasteiger partial charge in [-0.3, -0.25) is 10.1 Å². The van der Waals surface area contributed by atoms with Crippen molar-refractivity contribution in [3.8, 4) is 5.75 Å². The van der Waals surface area contributed by atoms with Gasteiger partial charge in [0.1, 0.15) is 11.6 Å². The summed E-state index contributed by atoms with van der Waals surface area (Å²) in [5, 5.41) is 15.0. The van der Waals surface area contributed by atoms with Crippen molar-refractivity contribution < 1.29 is 9.66 Å². The van der Waals surface area contributed by atoms with E-state index in [0.717, 1.165) is 16.6 Å². The lowest BCUT2D eigenvalue weighted by atomic mass is 10.2. The number of nitro groups is 1. The molecule has 1 heterocycles. The fraction of sp³-hybridized carbons (Fsp3) is 0.118. The Morgan fingerprint density at radius 3 is 2.74 bits per heavy atom. The highest BCUT2D eigenvalue weighted by Crippen LogP contribution is 2.30. The van der Waals surface area contributed by atoms with Crippen molar-refractivity contribution in [2.24, 2.45) is 0 Å². The maximum Gasteiger partial charge on any atom is 0.295 e. The lowest BCUT2D eigenvalue weighted by Gasteiger charge is -2.12. The van der Waals surface area contributed by atoms with Gasteiger partial charge in [-0.1, -0.05) is 18.2 Å². The van der Waals surface area contributed by atoms with Crippen molar-refractivity contribution in [2.75, 3.05) is 12.4 Å². The normalized spacial score (nSPS) is 10.5. The number of pyridine rings is 1. The van der Waals surface area contributed by atoms with Crippen LogP contribution < -0.4 is 10.1 Å². The van der Waals surface area contributed by atoms with Gasteiger partial charge in [0.2, 0.25) is 0 Å². The van der Waals surface area contributed by atoms with Crippen LogP contribution in [0.3, 0.4) is 0 Å². The van der Waals surface area contributed by atoms with Crippen molar-refractivity contribution in [1.82, 2.24) is 4.98 Å². The number of non-ortho nitro benzene ring substituents is 1. The van der Waals surface area contributed by atoms with Crippen LogP contribution in [0.4, 0.5) is 17.2 Å². The highest BCUT2D eigenvalue weighted by Gasteiger charge is 2.13. The molecule has 23 heavy (non-hydrogen) atoms. The molecule has 1 N–H and O–H groups in total. The van der Waals surface area contributed by atoms with Crippen LogP contribution in [0.5, 0.6) is 5.75 Å². The van der Waals surface area contributed by atoms with Crippen LogP contribution in [0.1, 0.15) is 5.56 Å². The molecule has 0 bridgehead atoms. The van der Waals surface area contributed by atoms with Crippen LogP contribution in [-0.2, 0) is 0 Å². The molecule has 0 unspecified atom stereocenters. The van der Waals surface area contributed by atoms with Gasteiger partial charge in [0.05, 0.1) is 17.7 Å². The Bertz CT molecular complexity index is 893. The Kier molecular flexibility index (Phi) is 3.80. The molecule has 2 aromatic carbocycles. The van der Waals surface area contributed by atoms with Gasteiger partial charge >= 0.3 is 0 Å². The number of benzene rings is 2. The van der Waals surface area contributed by atoms with Gasteiger partial charge in [0, 0.05) is 11.5 Å². The van der Waals surface area contributed by atoms with E-state index in [1.54, 1.807) is 31.4 Å². The van der Waals surface area contributed by atoms with Crippen LogP contribution in [0, 0.1) is 17.0 Å². The first kappa shape index (κ1) is 14.8. The Morgan fingerprint density at radius 1 is 1.17 bits per heavy atom. The van der Waals surface area contributed by atoms with Gasteiger partial charge in [0.15, 0.2) is 5.52 Å². The molecular weight excluding hydrogens is 294 g/mol. The second-order valence-corrected chi connectivity index (χ2v) is 5.13. The largest absolute Gasteiger partial charge is 0.495 e. The number of ether oxygens (including phenoxy) is 1. The van der Waals surface area contributed by atoms with Gasteiger partial charge in [-0.15, -0.1) is 0 Å². The van der Waals surface area contributed by atoms with E-state index in [9.17, 15) is 10.1 Å². The molecule has 6 nitrogen and oxygen atoms in total. The number of rotatable bonds is 4. The highest BCUT2D eigenvalue weighted by atomic mass is 16.6. The number of methoxy groups -OCH3 is 1. The summed E-state index contributed by atoms with van der Waals surface area (Å²) in [7, 11) is 1.59. The van der Waals surface area contributed by atoms with Crippen LogP contribution in [-0.4, -0.2) is 17.0 Å². The Labute approximate surface area is 132 Å². The SMILES string of the molecule is COc1ccc(C)cc1Nc1ccc2cccc([N+](=O)[O-])c2n1. The van der Waals surface area contributed by atoms with E-state index >= 15 is 0 Å². The average molecular weight is 309 g/mol. The number of hydrogen-bond acceptors (Lipinski definition) is 5. The number of anilines is 2. The Morgan fingerprint density at radius 2 is 2.00 bits per heavy atom. The second kappa shape index (κ2) is 5.92. The zero-order valence-corrected chi connectivity index (χ0v) is 12.7. The number of para-hydroxylation sites is 1. The molecule has 0 radical (unpaired) electrons. The molecule has 0 fully saturated rings. The predicted molar refractivity (Wildman–Crippen MR) is 89.4 cm³/mol. The topological polar surface area (TPSA) is 77.3 Å². The molecule has 0 saturated carbocycles. The molecule has 3 rings (SSSR count). The van der Waals surface area contributed by atoms with E-state index in [1.165, 1.54) is 6.07 Å². The molecule has 0 aliphatic heterocycles. The number of nitro benzene ring substituents is 1. The molecule has 0 aliphatic rings. The maximum atomic E-state index is 11.2. The lowest BCUT2D eigenvalue weighted by Crippen LogP contribution is -1.98. The Hall–Kier alpha value is -3.15. The van der Waals surface area contributed by atoms with Gasteiger partial charge < -0.3 is 10.1 Å². The molecule has 1 aromatic heterocycles. The van der Waals surface area contributed by atoms with Gasteiger partial charge in [-0.05, 0) is 36.8 Å². The summed E-state index contributed by atoms with van der Waals surface area (Å²) in [6, 6.07) is 14.2. The molecule has 0 atom stereocenters. The molecule has 116 valence electrons.